The molecule has 32 nitrogen and oxygen atoms in total. The van der Waals surface area contributed by atoms with Crippen LogP contribution in [0.1, 0.15) is 20.8 Å². The predicted octanol–water partition coefficient (Wildman–Crippen LogP) is -12.8. The molecule has 0 bridgehead atoms. The third-order valence-electron chi connectivity index (χ3n) is 13.2. The van der Waals surface area contributed by atoms with Crippen molar-refractivity contribution >= 4 is 11.8 Å². The Morgan fingerprint density at radius 3 is 1.33 bits per heavy atom. The highest BCUT2D eigenvalue weighted by molar-refractivity contribution is 5.73. The lowest BCUT2D eigenvalue weighted by atomic mass is 9.93. The Kier molecular flexibility index (Phi) is 20.8. The molecular weight excluding hydrogens is 988 g/mol. The fourth-order valence-corrected chi connectivity index (χ4v) is 9.23. The van der Waals surface area contributed by atoms with Crippen molar-refractivity contribution < 1.29 is 149 Å². The number of aliphatic hydroxyl groups excluding tert-OH is 17. The average molecular weight is 1060 g/mol. The van der Waals surface area contributed by atoms with Gasteiger partial charge in [0.05, 0.1) is 39.1 Å². The summed E-state index contributed by atoms with van der Waals surface area (Å²) in [5, 5.41) is 187. The van der Waals surface area contributed by atoms with Gasteiger partial charge in [0.2, 0.25) is 11.8 Å². The molecule has 0 saturated carbocycles. The summed E-state index contributed by atoms with van der Waals surface area (Å²) in [7, 11) is 0. The standard InChI is InChI=1S/C40H68N2O30/c1-9-19(50)25(56)28(59)38(62-9)72-34-33(71-36-17(41-10(2)48)24(55)20(51)12(4-43)64-36)23(54)15(7-46)67-40(34)69-31-18(42-11(3)49)37(65-13(5-44)21(31)52)70-32-22(53)14(6-45)66-39(29(32)60)68-30-16(8-47)63-35(61)27(58)26(30)57/h9,12-40,43-47,50-61H,4-8H2,1-3H3,(H,41,48)(H,42,49)/t9-,12+,13+,14+,15+,16+,17+,18+,19+,20-,21+,22-,23-,24+,25+,26+,27+,28-,29+,30+,31+,32-,33-,34+,35+,36+,37-,38-,39-,40-/m0/s1. The van der Waals surface area contributed by atoms with Crippen LogP contribution in [-0.2, 0) is 61.7 Å². The second-order valence-corrected chi connectivity index (χ2v) is 18.2. The zero-order valence-electron chi connectivity index (χ0n) is 38.8. The fourth-order valence-electron chi connectivity index (χ4n) is 9.23. The molecule has 32 heteroatoms. The Bertz CT molecular complexity index is 1730. The molecular formula is C40H68N2O30. The molecule has 19 N–H and O–H groups in total. The maximum Gasteiger partial charge on any atom is 0.217 e. The van der Waals surface area contributed by atoms with Gasteiger partial charge >= 0.3 is 0 Å². The first kappa shape index (κ1) is 59.1. The van der Waals surface area contributed by atoms with Gasteiger partial charge < -0.3 is 150 Å². The molecule has 0 aromatic rings. The molecule has 0 aromatic heterocycles. The summed E-state index contributed by atoms with van der Waals surface area (Å²) in [5.74, 6) is -1.69. The summed E-state index contributed by atoms with van der Waals surface area (Å²) >= 11 is 0. The van der Waals surface area contributed by atoms with Crippen LogP contribution >= 0.6 is 0 Å². The second kappa shape index (κ2) is 25.3. The first-order valence-electron chi connectivity index (χ1n) is 23.0. The number of carbonyl (C=O) groups excluding carboxylic acids is 2. The van der Waals surface area contributed by atoms with E-state index in [4.69, 9.17) is 52.1 Å². The molecule has 0 radical (unpaired) electrons. The third-order valence-corrected chi connectivity index (χ3v) is 13.2. The molecule has 418 valence electrons. The van der Waals surface area contributed by atoms with Crippen LogP contribution in [0, 0.1) is 0 Å². The van der Waals surface area contributed by atoms with E-state index in [0.717, 1.165) is 13.8 Å². The minimum atomic E-state index is -2.19. The van der Waals surface area contributed by atoms with Gasteiger partial charge in [0.25, 0.3) is 0 Å². The first-order chi connectivity index (χ1) is 34.0. The van der Waals surface area contributed by atoms with Crippen molar-refractivity contribution in [1.29, 1.82) is 0 Å². The van der Waals surface area contributed by atoms with E-state index in [1.165, 1.54) is 6.92 Å². The summed E-state index contributed by atoms with van der Waals surface area (Å²) in [6, 6.07) is -3.54. The number of rotatable bonds is 17. The van der Waals surface area contributed by atoms with Gasteiger partial charge in [-0.15, -0.1) is 0 Å². The van der Waals surface area contributed by atoms with Gasteiger partial charge in [-0.25, -0.2) is 0 Å². The molecule has 6 saturated heterocycles. The topological polar surface area (TPSA) is 504 Å². The summed E-state index contributed by atoms with van der Waals surface area (Å²) in [6.07, 6.45) is -53.5. The molecule has 0 aliphatic carbocycles. The number of amides is 2. The molecule has 6 heterocycles. The number of carbonyl (C=O) groups is 2. The van der Waals surface area contributed by atoms with Gasteiger partial charge in [0.1, 0.15) is 140 Å². The minimum Gasteiger partial charge on any atom is -0.394 e. The summed E-state index contributed by atoms with van der Waals surface area (Å²) in [5.41, 5.74) is 0. The number of aliphatic hydroxyl groups is 17. The lowest BCUT2D eigenvalue weighted by Gasteiger charge is -2.52. The first-order valence-corrected chi connectivity index (χ1v) is 23.0. The number of nitrogens with one attached hydrogen (secondary N) is 2. The van der Waals surface area contributed by atoms with Crippen molar-refractivity contribution in [2.75, 3.05) is 33.0 Å². The molecule has 72 heavy (non-hydrogen) atoms. The maximum absolute atomic E-state index is 13.0. The van der Waals surface area contributed by atoms with Gasteiger partial charge in [0, 0.05) is 13.8 Å². The Hall–Kier alpha value is -2.18. The molecule has 0 aromatic carbocycles. The van der Waals surface area contributed by atoms with E-state index < -0.39 is 229 Å². The molecule has 6 aliphatic rings. The summed E-state index contributed by atoms with van der Waals surface area (Å²) in [6.45, 7) is -1.67. The van der Waals surface area contributed by atoms with E-state index in [-0.39, 0.29) is 0 Å². The molecule has 0 unspecified atom stereocenters. The highest BCUT2D eigenvalue weighted by atomic mass is 16.8. The van der Waals surface area contributed by atoms with Crippen molar-refractivity contribution in [2.24, 2.45) is 0 Å². The number of hydrogen-bond donors (Lipinski definition) is 19. The zero-order valence-corrected chi connectivity index (χ0v) is 38.8. The van der Waals surface area contributed by atoms with Gasteiger partial charge in [-0.2, -0.15) is 0 Å². The smallest absolute Gasteiger partial charge is 0.217 e. The van der Waals surface area contributed by atoms with E-state index in [1.807, 2.05) is 0 Å². The summed E-state index contributed by atoms with van der Waals surface area (Å²) < 4.78 is 64.1. The monoisotopic (exact) mass is 1060 g/mol. The SMILES string of the molecule is CC(=O)N[C@H]1[C@@H](O[C@H]2[C@@H](O)[C@@H](CO)O[C@@H](O[C@H]3[C@H](O)[C@@H](CO)O[C@@H](O[C@H]4[C@@H](O)[C@@H](CO)O[C@@H](O[C@H]5[C@H](O)[C@@H](O)[C@H](O)O[C@@H]5CO)[C@@H]4O)[C@@H]3NC(C)=O)[C@@H]2O[C@@H]2O[C@@H](C)[C@@H](O)[C@@H](O)[C@@H]2O)O[C@H](CO)[C@H](O)[C@@H]1O. The van der Waals surface area contributed by atoms with Crippen LogP contribution in [0.5, 0.6) is 0 Å². The van der Waals surface area contributed by atoms with E-state index >= 15 is 0 Å². The van der Waals surface area contributed by atoms with Crippen molar-refractivity contribution in [3.63, 3.8) is 0 Å². The third kappa shape index (κ3) is 12.5. The highest BCUT2D eigenvalue weighted by Gasteiger charge is 2.59. The van der Waals surface area contributed by atoms with Crippen LogP contribution in [0.4, 0.5) is 0 Å². The highest BCUT2D eigenvalue weighted by Crippen LogP contribution is 2.38. The minimum absolute atomic E-state index is 0.794. The van der Waals surface area contributed by atoms with Crippen LogP contribution in [0.15, 0.2) is 0 Å². The fraction of sp³-hybridized carbons (Fsp3) is 0.950. The quantitative estimate of drug-likeness (QED) is 0.0643. The Balaban J connectivity index is 1.37. The van der Waals surface area contributed by atoms with Gasteiger partial charge in [0.15, 0.2) is 37.7 Å². The molecule has 0 spiro atoms. The lowest BCUT2D eigenvalue weighted by Crippen LogP contribution is -2.71. The van der Waals surface area contributed by atoms with Gasteiger partial charge in [-0.05, 0) is 6.92 Å². The van der Waals surface area contributed by atoms with E-state index in [1.54, 1.807) is 0 Å². The molecule has 6 fully saturated rings. The normalized spacial score (nSPS) is 50.3. The maximum atomic E-state index is 13.0. The van der Waals surface area contributed by atoms with Crippen molar-refractivity contribution in [3.05, 3.63) is 0 Å². The summed E-state index contributed by atoms with van der Waals surface area (Å²) in [4.78, 5) is 25.3. The van der Waals surface area contributed by atoms with Crippen LogP contribution < -0.4 is 10.6 Å². The van der Waals surface area contributed by atoms with Crippen molar-refractivity contribution in [2.45, 2.75) is 205 Å². The van der Waals surface area contributed by atoms with E-state index in [0.29, 0.717) is 0 Å². The number of ether oxygens (including phenoxy) is 11. The second-order valence-electron chi connectivity index (χ2n) is 18.2. The van der Waals surface area contributed by atoms with Crippen molar-refractivity contribution in [3.8, 4) is 0 Å². The zero-order chi connectivity index (χ0) is 53.2. The van der Waals surface area contributed by atoms with Crippen LogP contribution in [-0.4, -0.2) is 316 Å². The van der Waals surface area contributed by atoms with Crippen molar-refractivity contribution in [1.82, 2.24) is 10.6 Å². The Morgan fingerprint density at radius 2 is 0.778 bits per heavy atom. The average Bonchev–Trinajstić information content (AvgIpc) is 3.34. The van der Waals surface area contributed by atoms with E-state index in [2.05, 4.69) is 10.6 Å². The van der Waals surface area contributed by atoms with Crippen LogP contribution in [0.25, 0.3) is 0 Å². The van der Waals surface area contributed by atoms with Crippen LogP contribution in [0.3, 0.4) is 0 Å². The Labute approximate surface area is 408 Å². The predicted molar refractivity (Wildman–Crippen MR) is 221 cm³/mol. The van der Waals surface area contributed by atoms with Crippen LogP contribution in [0.2, 0.25) is 0 Å². The molecule has 30 atom stereocenters. The lowest BCUT2D eigenvalue weighted by molar-refractivity contribution is -0.401. The Morgan fingerprint density at radius 1 is 0.361 bits per heavy atom. The van der Waals surface area contributed by atoms with E-state index in [9.17, 15) is 96.4 Å². The largest absolute Gasteiger partial charge is 0.394 e. The molecule has 2 amide bonds. The number of hydrogen-bond acceptors (Lipinski definition) is 30. The molecule has 6 rings (SSSR count). The molecule has 6 aliphatic heterocycles. The van der Waals surface area contributed by atoms with Gasteiger partial charge in [-0.3, -0.25) is 9.59 Å². The van der Waals surface area contributed by atoms with Gasteiger partial charge in [-0.1, -0.05) is 0 Å².